The average molecular weight is 401 g/mol. The first-order valence-corrected chi connectivity index (χ1v) is 9.88. The average Bonchev–Trinajstić information content (AvgIpc) is 3.26. The maximum Gasteiger partial charge on any atom is 0.273 e. The van der Waals surface area contributed by atoms with Crippen LogP contribution in [0.25, 0.3) is 11.3 Å². The Labute approximate surface area is 173 Å². The molecule has 0 spiro atoms. The first kappa shape index (κ1) is 18.8. The number of methoxy groups -OCH3 is 1. The lowest BCUT2D eigenvalue weighted by molar-refractivity contribution is 0.102. The molecule has 0 aliphatic rings. The molecule has 4 aromatic rings. The van der Waals surface area contributed by atoms with Gasteiger partial charge in [-0.2, -0.15) is 5.10 Å². The highest BCUT2D eigenvalue weighted by Crippen LogP contribution is 2.33. The van der Waals surface area contributed by atoms with Crippen LogP contribution in [-0.4, -0.2) is 23.2 Å². The van der Waals surface area contributed by atoms with E-state index in [-0.39, 0.29) is 5.91 Å². The highest BCUT2D eigenvalue weighted by molar-refractivity contribution is 7.99. The Morgan fingerprint density at radius 2 is 1.76 bits per heavy atom. The summed E-state index contributed by atoms with van der Waals surface area (Å²) in [6.45, 7) is 0. The number of carbonyl (C=O) groups excluding carboxylic acids is 1. The molecule has 0 aliphatic heterocycles. The normalized spacial score (nSPS) is 10.5. The van der Waals surface area contributed by atoms with E-state index in [1.807, 2.05) is 78.9 Å². The minimum atomic E-state index is -0.243. The quantitative estimate of drug-likeness (QED) is 0.448. The predicted molar refractivity (Wildman–Crippen MR) is 116 cm³/mol. The monoisotopic (exact) mass is 401 g/mol. The topological polar surface area (TPSA) is 67.0 Å². The lowest BCUT2D eigenvalue weighted by Crippen LogP contribution is -2.12. The third-order valence-corrected chi connectivity index (χ3v) is 5.38. The van der Waals surface area contributed by atoms with Crippen LogP contribution in [0.15, 0.2) is 94.7 Å². The summed E-state index contributed by atoms with van der Waals surface area (Å²) in [5.41, 5.74) is 2.70. The number of carbonyl (C=O) groups is 1. The first-order chi connectivity index (χ1) is 14.2. The molecule has 0 saturated carbocycles. The number of amides is 1. The van der Waals surface area contributed by atoms with Gasteiger partial charge in [0.1, 0.15) is 11.4 Å². The molecule has 1 amide bonds. The molecule has 0 radical (unpaired) electrons. The van der Waals surface area contributed by atoms with Gasteiger partial charge in [0.2, 0.25) is 0 Å². The molecule has 0 atom stereocenters. The highest BCUT2D eigenvalue weighted by Gasteiger charge is 2.14. The molecule has 3 aromatic carbocycles. The number of nitrogens with one attached hydrogen (secondary N) is 2. The number of nitrogens with zero attached hydrogens (tertiary/aromatic N) is 1. The van der Waals surface area contributed by atoms with Crippen LogP contribution in [0.1, 0.15) is 10.5 Å². The van der Waals surface area contributed by atoms with Crippen molar-refractivity contribution in [3.63, 3.8) is 0 Å². The standard InChI is InChI=1S/C23H19N3O2S/c1-28-17-9-7-8-16(14-17)20-15-21(26-25-20)23(27)24-19-12-5-6-13-22(19)29-18-10-3-2-4-11-18/h2-15H,1H3,(H,24,27)(H,25,26). The molecule has 4 rings (SSSR count). The van der Waals surface area contributed by atoms with Gasteiger partial charge in [0.15, 0.2) is 0 Å². The van der Waals surface area contributed by atoms with Crippen molar-refractivity contribution in [3.8, 4) is 17.0 Å². The van der Waals surface area contributed by atoms with Gasteiger partial charge < -0.3 is 10.1 Å². The zero-order valence-electron chi connectivity index (χ0n) is 15.8. The molecule has 5 nitrogen and oxygen atoms in total. The Balaban J connectivity index is 1.52. The van der Waals surface area contributed by atoms with E-state index in [1.54, 1.807) is 24.9 Å². The molecule has 6 heteroatoms. The number of rotatable bonds is 6. The smallest absolute Gasteiger partial charge is 0.273 e. The van der Waals surface area contributed by atoms with Gasteiger partial charge >= 0.3 is 0 Å². The zero-order chi connectivity index (χ0) is 20.1. The minimum Gasteiger partial charge on any atom is -0.497 e. The summed E-state index contributed by atoms with van der Waals surface area (Å²) < 4.78 is 5.25. The van der Waals surface area contributed by atoms with Crippen molar-refractivity contribution in [2.45, 2.75) is 9.79 Å². The van der Waals surface area contributed by atoms with Crippen molar-refractivity contribution in [1.82, 2.24) is 10.2 Å². The molecule has 1 heterocycles. The summed E-state index contributed by atoms with van der Waals surface area (Å²) in [5.74, 6) is 0.496. The predicted octanol–water partition coefficient (Wildman–Crippen LogP) is 5.49. The maximum absolute atomic E-state index is 12.8. The molecule has 0 aliphatic carbocycles. The van der Waals surface area contributed by atoms with Crippen LogP contribution in [0, 0.1) is 0 Å². The number of benzene rings is 3. The minimum absolute atomic E-state index is 0.243. The molecule has 0 fully saturated rings. The third-order valence-electron chi connectivity index (χ3n) is 4.29. The Bertz CT molecular complexity index is 1130. The van der Waals surface area contributed by atoms with Crippen LogP contribution in [0.5, 0.6) is 5.75 Å². The summed E-state index contributed by atoms with van der Waals surface area (Å²) in [6, 6.07) is 27.1. The number of aromatic nitrogens is 2. The summed E-state index contributed by atoms with van der Waals surface area (Å²) in [7, 11) is 1.62. The fourth-order valence-electron chi connectivity index (χ4n) is 2.83. The molecule has 0 saturated heterocycles. The molecule has 29 heavy (non-hydrogen) atoms. The van der Waals surface area contributed by atoms with Crippen LogP contribution in [0.4, 0.5) is 5.69 Å². The van der Waals surface area contributed by atoms with Gasteiger partial charge in [-0.3, -0.25) is 9.89 Å². The number of hydrogen-bond acceptors (Lipinski definition) is 4. The zero-order valence-corrected chi connectivity index (χ0v) is 16.6. The lowest BCUT2D eigenvalue weighted by Gasteiger charge is -2.10. The lowest BCUT2D eigenvalue weighted by atomic mass is 10.1. The van der Waals surface area contributed by atoms with Crippen LogP contribution < -0.4 is 10.1 Å². The van der Waals surface area contributed by atoms with Gasteiger partial charge in [0.25, 0.3) is 5.91 Å². The van der Waals surface area contributed by atoms with Crippen LogP contribution >= 0.6 is 11.8 Å². The summed E-state index contributed by atoms with van der Waals surface area (Å²) in [5, 5.41) is 10.1. The molecule has 1 aromatic heterocycles. The van der Waals surface area contributed by atoms with Crippen molar-refractivity contribution in [1.29, 1.82) is 0 Å². The van der Waals surface area contributed by atoms with Crippen molar-refractivity contribution >= 4 is 23.4 Å². The second kappa shape index (κ2) is 8.67. The van der Waals surface area contributed by atoms with Gasteiger partial charge in [-0.15, -0.1) is 0 Å². The molecular formula is C23H19N3O2S. The van der Waals surface area contributed by atoms with Crippen molar-refractivity contribution in [2.75, 3.05) is 12.4 Å². The van der Waals surface area contributed by atoms with E-state index < -0.39 is 0 Å². The van der Waals surface area contributed by atoms with E-state index in [0.717, 1.165) is 26.8 Å². The number of para-hydroxylation sites is 1. The van der Waals surface area contributed by atoms with Crippen molar-refractivity contribution < 1.29 is 9.53 Å². The van der Waals surface area contributed by atoms with Gasteiger partial charge in [0.05, 0.1) is 18.5 Å². The van der Waals surface area contributed by atoms with E-state index in [1.165, 1.54) is 0 Å². The van der Waals surface area contributed by atoms with Crippen LogP contribution in [0.2, 0.25) is 0 Å². The van der Waals surface area contributed by atoms with Crippen LogP contribution in [-0.2, 0) is 0 Å². The number of aromatic amines is 1. The largest absolute Gasteiger partial charge is 0.497 e. The van der Waals surface area contributed by atoms with Crippen molar-refractivity contribution in [3.05, 3.63) is 90.6 Å². The summed E-state index contributed by atoms with van der Waals surface area (Å²) in [6.07, 6.45) is 0. The van der Waals surface area contributed by atoms with Gasteiger partial charge in [-0.05, 0) is 42.5 Å². The second-order valence-corrected chi connectivity index (χ2v) is 7.38. The van der Waals surface area contributed by atoms with Gasteiger partial charge in [-0.25, -0.2) is 0 Å². The summed E-state index contributed by atoms with van der Waals surface area (Å²) >= 11 is 1.60. The fourth-order valence-corrected chi connectivity index (χ4v) is 3.76. The Kier molecular flexibility index (Phi) is 5.63. The Morgan fingerprint density at radius 1 is 0.966 bits per heavy atom. The summed E-state index contributed by atoms with van der Waals surface area (Å²) in [4.78, 5) is 14.8. The number of H-pyrrole nitrogens is 1. The van der Waals surface area contributed by atoms with E-state index in [2.05, 4.69) is 15.5 Å². The van der Waals surface area contributed by atoms with Crippen LogP contribution in [0.3, 0.4) is 0 Å². The van der Waals surface area contributed by atoms with Gasteiger partial charge in [0, 0.05) is 15.4 Å². The SMILES string of the molecule is COc1cccc(-c2cc(C(=O)Nc3ccccc3Sc3ccccc3)[nH]n2)c1. The molecule has 0 bridgehead atoms. The van der Waals surface area contributed by atoms with Crippen molar-refractivity contribution in [2.24, 2.45) is 0 Å². The maximum atomic E-state index is 12.8. The van der Waals surface area contributed by atoms with E-state index in [4.69, 9.17) is 4.74 Å². The van der Waals surface area contributed by atoms with E-state index in [0.29, 0.717) is 11.4 Å². The second-order valence-electron chi connectivity index (χ2n) is 6.26. The number of hydrogen-bond donors (Lipinski definition) is 2. The first-order valence-electron chi connectivity index (χ1n) is 9.06. The van der Waals surface area contributed by atoms with Gasteiger partial charge in [-0.1, -0.05) is 54.2 Å². The fraction of sp³-hybridized carbons (Fsp3) is 0.0435. The highest BCUT2D eigenvalue weighted by atomic mass is 32.2. The third kappa shape index (κ3) is 4.50. The molecule has 0 unspecified atom stereocenters. The Hall–Kier alpha value is -3.51. The number of anilines is 1. The van der Waals surface area contributed by atoms with E-state index in [9.17, 15) is 4.79 Å². The molecule has 2 N–H and O–H groups in total. The molecule has 144 valence electrons. The number of ether oxygens (including phenoxy) is 1. The Morgan fingerprint density at radius 3 is 2.59 bits per heavy atom. The van der Waals surface area contributed by atoms with E-state index >= 15 is 0 Å². The molecular weight excluding hydrogens is 382 g/mol.